The molecule has 1 fully saturated rings. The van der Waals surface area contributed by atoms with Gasteiger partial charge >= 0.3 is 0 Å². The zero-order valence-corrected chi connectivity index (χ0v) is 12.7. The number of benzene rings is 2. The number of amides is 1. The van der Waals surface area contributed by atoms with Gasteiger partial charge in [0.2, 0.25) is 0 Å². The van der Waals surface area contributed by atoms with E-state index >= 15 is 0 Å². The molecule has 0 N–H and O–H groups in total. The molecule has 0 aromatic heterocycles. The molecule has 0 aliphatic carbocycles. The Labute approximate surface area is 131 Å². The Hall–Kier alpha value is -1.52. The molecule has 1 atom stereocenters. The van der Waals surface area contributed by atoms with Crippen molar-refractivity contribution in [1.29, 1.82) is 0 Å². The number of hydrogen-bond donors (Lipinski definition) is 0. The molecule has 0 spiro atoms. The van der Waals surface area contributed by atoms with Gasteiger partial charge in [-0.1, -0.05) is 41.9 Å². The van der Waals surface area contributed by atoms with Gasteiger partial charge in [-0.15, -0.1) is 11.8 Å². The van der Waals surface area contributed by atoms with E-state index in [1.807, 2.05) is 0 Å². The van der Waals surface area contributed by atoms with Crippen molar-refractivity contribution in [1.82, 2.24) is 4.90 Å². The minimum absolute atomic E-state index is 0.154. The van der Waals surface area contributed by atoms with E-state index in [0.29, 0.717) is 22.7 Å². The fourth-order valence-corrected chi connectivity index (χ4v) is 3.89. The second kappa shape index (κ2) is 6.08. The first-order valence-electron chi connectivity index (χ1n) is 6.60. The molecule has 3 rings (SSSR count). The highest BCUT2D eigenvalue weighted by Gasteiger charge is 2.33. The molecule has 21 heavy (non-hydrogen) atoms. The molecule has 2 nitrogen and oxygen atoms in total. The molecule has 0 bridgehead atoms. The summed E-state index contributed by atoms with van der Waals surface area (Å²) in [4.78, 5) is 14.4. The van der Waals surface area contributed by atoms with Gasteiger partial charge in [0, 0.05) is 17.9 Å². The number of thioether (sulfide) groups is 1. The molecule has 5 heteroatoms. The molecule has 1 unspecified atom stereocenters. The molecule has 2 aromatic carbocycles. The third-order valence-electron chi connectivity index (χ3n) is 3.43. The Kier molecular flexibility index (Phi) is 4.17. The first-order valence-corrected chi connectivity index (χ1v) is 8.02. The van der Waals surface area contributed by atoms with Crippen LogP contribution in [0, 0.1) is 5.82 Å². The second-order valence-electron chi connectivity index (χ2n) is 4.72. The highest BCUT2D eigenvalue weighted by molar-refractivity contribution is 7.99. The molecule has 1 aliphatic heterocycles. The summed E-state index contributed by atoms with van der Waals surface area (Å²) >= 11 is 7.66. The van der Waals surface area contributed by atoms with Crippen LogP contribution in [0.5, 0.6) is 0 Å². The van der Waals surface area contributed by atoms with Gasteiger partial charge in [-0.05, 0) is 18.2 Å². The predicted molar refractivity (Wildman–Crippen MR) is 84.1 cm³/mol. The van der Waals surface area contributed by atoms with E-state index in [4.69, 9.17) is 11.6 Å². The highest BCUT2D eigenvalue weighted by Crippen LogP contribution is 2.40. The first kappa shape index (κ1) is 14.4. The molecule has 0 saturated carbocycles. The number of halogens is 2. The molecular formula is C16H13ClFNOS. The van der Waals surface area contributed by atoms with E-state index in [1.165, 1.54) is 6.07 Å². The Morgan fingerprint density at radius 1 is 1.19 bits per heavy atom. The lowest BCUT2D eigenvalue weighted by Gasteiger charge is -2.24. The van der Waals surface area contributed by atoms with Crippen LogP contribution in [0.25, 0.3) is 0 Å². The number of hydrogen-bond acceptors (Lipinski definition) is 2. The van der Waals surface area contributed by atoms with E-state index in [1.54, 1.807) is 59.1 Å². The van der Waals surface area contributed by atoms with Gasteiger partial charge in [-0.25, -0.2) is 4.39 Å². The van der Waals surface area contributed by atoms with Crippen molar-refractivity contribution in [2.24, 2.45) is 0 Å². The van der Waals surface area contributed by atoms with Crippen LogP contribution < -0.4 is 0 Å². The van der Waals surface area contributed by atoms with Crippen LogP contribution in [0.1, 0.15) is 21.3 Å². The van der Waals surface area contributed by atoms with Gasteiger partial charge in [-0.3, -0.25) is 4.79 Å². The van der Waals surface area contributed by atoms with Gasteiger partial charge in [0.1, 0.15) is 11.2 Å². The molecule has 1 heterocycles. The maximum absolute atomic E-state index is 14.0. The van der Waals surface area contributed by atoms with E-state index in [0.717, 1.165) is 5.75 Å². The van der Waals surface area contributed by atoms with Crippen molar-refractivity contribution in [3.05, 3.63) is 70.5 Å². The summed E-state index contributed by atoms with van der Waals surface area (Å²) in [6, 6.07) is 13.5. The summed E-state index contributed by atoms with van der Waals surface area (Å²) in [5.41, 5.74) is 1.00. The summed E-state index contributed by atoms with van der Waals surface area (Å²) in [6.45, 7) is 0.591. The van der Waals surface area contributed by atoms with Gasteiger partial charge < -0.3 is 4.90 Å². The summed E-state index contributed by atoms with van der Waals surface area (Å²) in [5.74, 6) is 0.350. The van der Waals surface area contributed by atoms with Crippen LogP contribution in [0.4, 0.5) is 4.39 Å². The van der Waals surface area contributed by atoms with Gasteiger partial charge in [-0.2, -0.15) is 0 Å². The van der Waals surface area contributed by atoms with Gasteiger partial charge in [0.25, 0.3) is 5.91 Å². The zero-order valence-electron chi connectivity index (χ0n) is 11.1. The first-order chi connectivity index (χ1) is 10.2. The van der Waals surface area contributed by atoms with Crippen molar-refractivity contribution in [3.63, 3.8) is 0 Å². The van der Waals surface area contributed by atoms with Crippen molar-refractivity contribution in [2.75, 3.05) is 12.3 Å². The summed E-state index contributed by atoms with van der Waals surface area (Å²) < 4.78 is 14.0. The highest BCUT2D eigenvalue weighted by atomic mass is 35.5. The van der Waals surface area contributed by atoms with Crippen LogP contribution >= 0.6 is 23.4 Å². The summed E-state index contributed by atoms with van der Waals surface area (Å²) in [5, 5.41) is 0.127. The van der Waals surface area contributed by atoms with E-state index < -0.39 is 0 Å². The minimum atomic E-state index is -0.296. The fourth-order valence-electron chi connectivity index (χ4n) is 2.40. The molecule has 1 saturated heterocycles. The average molecular weight is 322 g/mol. The van der Waals surface area contributed by atoms with Crippen molar-refractivity contribution >= 4 is 29.3 Å². The Bertz CT molecular complexity index is 679. The lowest BCUT2D eigenvalue weighted by Crippen LogP contribution is -2.31. The summed E-state index contributed by atoms with van der Waals surface area (Å²) in [6.07, 6.45) is 0. The molecule has 2 aromatic rings. The topological polar surface area (TPSA) is 20.3 Å². The van der Waals surface area contributed by atoms with E-state index in [2.05, 4.69) is 0 Å². The van der Waals surface area contributed by atoms with E-state index in [-0.39, 0.29) is 17.1 Å². The third kappa shape index (κ3) is 2.78. The minimum Gasteiger partial charge on any atom is -0.322 e. The lowest BCUT2D eigenvalue weighted by molar-refractivity contribution is 0.0759. The molecular weight excluding hydrogens is 309 g/mol. The summed E-state index contributed by atoms with van der Waals surface area (Å²) in [7, 11) is 0. The van der Waals surface area contributed by atoms with E-state index in [9.17, 15) is 9.18 Å². The van der Waals surface area contributed by atoms with Crippen LogP contribution in [-0.2, 0) is 0 Å². The average Bonchev–Trinajstić information content (AvgIpc) is 2.97. The zero-order chi connectivity index (χ0) is 14.8. The third-order valence-corrected chi connectivity index (χ3v) is 5.00. The van der Waals surface area contributed by atoms with Gasteiger partial charge in [0.05, 0.1) is 10.6 Å². The predicted octanol–water partition coefficient (Wildman–Crippen LogP) is 4.37. The van der Waals surface area contributed by atoms with Crippen LogP contribution in [0.15, 0.2) is 48.5 Å². The van der Waals surface area contributed by atoms with Crippen molar-refractivity contribution < 1.29 is 9.18 Å². The van der Waals surface area contributed by atoms with Crippen LogP contribution in [0.2, 0.25) is 5.02 Å². The molecule has 1 aliphatic rings. The maximum Gasteiger partial charge on any atom is 0.256 e. The SMILES string of the molecule is O=C(c1ccccc1Cl)N1CCSC1c1ccccc1F. The Morgan fingerprint density at radius 3 is 2.67 bits per heavy atom. The largest absolute Gasteiger partial charge is 0.322 e. The quantitative estimate of drug-likeness (QED) is 0.818. The number of carbonyl (C=O) groups excluding carboxylic acids is 1. The van der Waals surface area contributed by atoms with Crippen molar-refractivity contribution in [2.45, 2.75) is 5.37 Å². The second-order valence-corrected chi connectivity index (χ2v) is 6.32. The molecule has 1 amide bonds. The number of carbonyl (C=O) groups is 1. The van der Waals surface area contributed by atoms with Crippen LogP contribution in [-0.4, -0.2) is 23.1 Å². The number of nitrogens with zero attached hydrogens (tertiary/aromatic N) is 1. The van der Waals surface area contributed by atoms with Crippen LogP contribution in [0.3, 0.4) is 0 Å². The Balaban J connectivity index is 1.93. The number of rotatable bonds is 2. The lowest BCUT2D eigenvalue weighted by atomic mass is 10.1. The maximum atomic E-state index is 14.0. The monoisotopic (exact) mass is 321 g/mol. The molecule has 0 radical (unpaired) electrons. The normalized spacial score (nSPS) is 18.0. The van der Waals surface area contributed by atoms with Gasteiger partial charge in [0.15, 0.2) is 0 Å². The molecule has 108 valence electrons. The smallest absolute Gasteiger partial charge is 0.256 e. The Morgan fingerprint density at radius 2 is 1.90 bits per heavy atom. The van der Waals surface area contributed by atoms with Crippen molar-refractivity contribution in [3.8, 4) is 0 Å². The fraction of sp³-hybridized carbons (Fsp3) is 0.188. The standard InChI is InChI=1S/C16H13ClFNOS/c17-13-7-3-1-5-11(13)15(20)19-9-10-21-16(19)12-6-2-4-8-14(12)18/h1-8,16H,9-10H2.